The van der Waals surface area contributed by atoms with E-state index >= 15 is 0 Å². The standard InChI is InChI=1S/C54H69ClF3N11O9S/c1-67(27-32-76-34-33-74-30-21-44(65-59)38-60-23-31-75-35-36-78-47-16-12-43(13-17-47)62-52(73)64-53-63-45(20-28-70)39-79-53)24-3-4-29-77-46-14-7-40(8-15-46)9-18-49(71)69(26-22-54(56,57)58)50(48-19-25-68(2)66-48)51(72)61-37-41-5-10-42(55)11-6-41/h5-8,10-17,19,25,28,38-39,50H,3-4,9,18,20-24,26-27,29-37,59H2,1-2H3,(H,61,72)(H2,62,63,64,73)/b60-38?,65-44-. The number of benzene rings is 3. The van der Waals surface area contributed by atoms with Crippen LogP contribution >= 0.6 is 22.9 Å². The van der Waals surface area contributed by atoms with Gasteiger partial charge in [0.05, 0.1) is 76.3 Å². The molecule has 0 fully saturated rings. The number of aromatic nitrogens is 3. The van der Waals surface area contributed by atoms with Gasteiger partial charge >= 0.3 is 12.2 Å². The first-order chi connectivity index (χ1) is 38.2. The SMILES string of the molecule is CN(CCCCOc1ccc(CCC(=O)N(CCC(F)(F)F)C(C(=O)NCc2ccc(Cl)cc2)c2ccn(C)n2)cc1)CCOCCOCC/C(C=NCCOCCOc1ccc(NC(=O)Nc2nc(CC=O)cs2)cc1)=N/N. The molecule has 0 saturated heterocycles. The van der Waals surface area contributed by atoms with E-state index < -0.39 is 43.0 Å². The monoisotopic (exact) mass is 1140 g/mol. The number of hydrazone groups is 1. The number of carbonyl (C=O) groups is 4. The molecule has 79 heavy (non-hydrogen) atoms. The van der Waals surface area contributed by atoms with Gasteiger partial charge in [-0.2, -0.15) is 23.4 Å². The molecular weight excluding hydrogens is 1070 g/mol. The number of rotatable bonds is 37. The van der Waals surface area contributed by atoms with E-state index in [2.05, 4.69) is 41.0 Å². The van der Waals surface area contributed by atoms with Gasteiger partial charge in [0.1, 0.15) is 24.4 Å². The first-order valence-electron chi connectivity index (χ1n) is 25.6. The van der Waals surface area contributed by atoms with Gasteiger partial charge in [0.2, 0.25) is 11.8 Å². The molecule has 0 saturated carbocycles. The summed E-state index contributed by atoms with van der Waals surface area (Å²) in [6.45, 7) is 4.78. The van der Waals surface area contributed by atoms with E-state index in [1.165, 1.54) is 22.1 Å². The maximum Gasteiger partial charge on any atom is 0.390 e. The van der Waals surface area contributed by atoms with Crippen LogP contribution in [0.2, 0.25) is 5.02 Å². The third-order valence-electron chi connectivity index (χ3n) is 11.6. The predicted octanol–water partition coefficient (Wildman–Crippen LogP) is 7.68. The highest BCUT2D eigenvalue weighted by atomic mass is 35.5. The summed E-state index contributed by atoms with van der Waals surface area (Å²) in [4.78, 5) is 61.9. The Labute approximate surface area is 466 Å². The van der Waals surface area contributed by atoms with Crippen LogP contribution in [-0.4, -0.2) is 153 Å². The third kappa shape index (κ3) is 25.1. The van der Waals surface area contributed by atoms with Crippen LogP contribution in [0.3, 0.4) is 0 Å². The molecule has 2 aromatic heterocycles. The Morgan fingerprint density at radius 2 is 1.51 bits per heavy atom. The average Bonchev–Trinajstić information content (AvgIpc) is 4.11. The molecule has 25 heteroatoms. The maximum absolute atomic E-state index is 13.7. The number of anilines is 2. The number of nitrogens with two attached hydrogens (primary N) is 1. The van der Waals surface area contributed by atoms with Gasteiger partial charge in [0.25, 0.3) is 0 Å². The number of halogens is 4. The first kappa shape index (κ1) is 62.9. The minimum Gasteiger partial charge on any atom is -0.494 e. The van der Waals surface area contributed by atoms with Crippen LogP contribution in [-0.2, 0) is 55.0 Å². The number of hydrogen-bond donors (Lipinski definition) is 4. The van der Waals surface area contributed by atoms with Crippen molar-refractivity contribution >= 4 is 69.8 Å². The van der Waals surface area contributed by atoms with Gasteiger partial charge in [-0.05, 0) is 98.6 Å². The number of unbranched alkanes of at least 4 members (excludes halogenated alkanes) is 1. The number of carbonyl (C=O) groups excluding carboxylic acids is 4. The minimum absolute atomic E-state index is 0.0741. The molecule has 5 rings (SSSR count). The Kier molecular flexibility index (Phi) is 27.7. The van der Waals surface area contributed by atoms with Gasteiger partial charge in [0, 0.05) is 74.4 Å². The Bertz CT molecular complexity index is 2660. The van der Waals surface area contributed by atoms with Gasteiger partial charge in [-0.15, -0.1) is 11.3 Å². The normalized spacial score (nSPS) is 12.2. The molecule has 0 spiro atoms. The highest BCUT2D eigenvalue weighted by Gasteiger charge is 2.36. The van der Waals surface area contributed by atoms with Crippen molar-refractivity contribution in [1.29, 1.82) is 0 Å². The topological polar surface area (TPSA) is 238 Å². The highest BCUT2D eigenvalue weighted by Crippen LogP contribution is 2.27. The number of aryl methyl sites for hydroxylation is 2. The molecule has 5 aromatic rings. The van der Waals surface area contributed by atoms with E-state index in [0.29, 0.717) is 105 Å². The van der Waals surface area contributed by atoms with Crippen molar-refractivity contribution in [1.82, 2.24) is 29.9 Å². The molecule has 0 aliphatic carbocycles. The lowest BCUT2D eigenvalue weighted by atomic mass is 10.1. The summed E-state index contributed by atoms with van der Waals surface area (Å²) >= 11 is 7.22. The number of amides is 4. The largest absolute Gasteiger partial charge is 0.494 e. The minimum atomic E-state index is -4.56. The lowest BCUT2D eigenvalue weighted by Crippen LogP contribution is -2.45. The summed E-state index contributed by atoms with van der Waals surface area (Å²) in [6.07, 6.45) is 0.608. The molecular formula is C54H69ClF3N11O9S. The second-order valence-corrected chi connectivity index (χ2v) is 19.1. The van der Waals surface area contributed by atoms with Crippen LogP contribution in [0.4, 0.5) is 28.8 Å². The zero-order chi connectivity index (χ0) is 56.7. The molecule has 0 aliphatic heterocycles. The fourth-order valence-corrected chi connectivity index (χ4v) is 8.25. The van der Waals surface area contributed by atoms with Gasteiger partial charge in [-0.25, -0.2) is 9.78 Å². The van der Waals surface area contributed by atoms with Crippen molar-refractivity contribution in [3.8, 4) is 11.5 Å². The number of likely N-dealkylation sites (N-methyl/N-ethyl adjacent to an activating group) is 1. The highest BCUT2D eigenvalue weighted by molar-refractivity contribution is 7.14. The van der Waals surface area contributed by atoms with Gasteiger partial charge in [0.15, 0.2) is 11.2 Å². The zero-order valence-corrected chi connectivity index (χ0v) is 45.9. The van der Waals surface area contributed by atoms with E-state index in [4.69, 9.17) is 41.1 Å². The summed E-state index contributed by atoms with van der Waals surface area (Å²) in [5.74, 6) is 5.54. The smallest absolute Gasteiger partial charge is 0.390 e. The number of alkyl halides is 3. The number of aldehydes is 1. The Morgan fingerprint density at radius 3 is 2.20 bits per heavy atom. The van der Waals surface area contributed by atoms with Crippen LogP contribution in [0, 0.1) is 0 Å². The summed E-state index contributed by atoms with van der Waals surface area (Å²) < 4.78 is 70.7. The predicted molar refractivity (Wildman–Crippen MR) is 297 cm³/mol. The van der Waals surface area contributed by atoms with Crippen LogP contribution in [0.15, 0.2) is 101 Å². The maximum atomic E-state index is 13.7. The molecule has 1 unspecified atom stereocenters. The summed E-state index contributed by atoms with van der Waals surface area (Å²) in [6, 6.07) is 20.6. The van der Waals surface area contributed by atoms with Crippen LogP contribution < -0.4 is 31.3 Å². The molecule has 3 aromatic carbocycles. The van der Waals surface area contributed by atoms with Crippen molar-refractivity contribution in [3.05, 3.63) is 118 Å². The lowest BCUT2D eigenvalue weighted by molar-refractivity contribution is -0.152. The van der Waals surface area contributed by atoms with Crippen LogP contribution in [0.25, 0.3) is 0 Å². The van der Waals surface area contributed by atoms with Crippen molar-refractivity contribution in [2.75, 3.05) is 96.7 Å². The number of nitrogens with one attached hydrogen (secondary N) is 3. The van der Waals surface area contributed by atoms with Crippen molar-refractivity contribution in [2.45, 2.75) is 63.7 Å². The van der Waals surface area contributed by atoms with E-state index in [-0.39, 0.29) is 31.5 Å². The molecule has 0 aliphatic rings. The Morgan fingerprint density at radius 1 is 0.823 bits per heavy atom. The third-order valence-corrected chi connectivity index (χ3v) is 12.7. The summed E-state index contributed by atoms with van der Waals surface area (Å²) in [7, 11) is 3.65. The summed E-state index contributed by atoms with van der Waals surface area (Å²) in [5.41, 5.74) is 3.43. The molecule has 5 N–H and O–H groups in total. The quantitative estimate of drug-likeness (QED) is 0.00983. The summed E-state index contributed by atoms with van der Waals surface area (Å²) in [5, 5.41) is 18.8. The second kappa shape index (κ2) is 34.8. The van der Waals surface area contributed by atoms with E-state index in [0.717, 1.165) is 48.2 Å². The molecule has 2 heterocycles. The first-order valence-corrected chi connectivity index (χ1v) is 26.9. The second-order valence-electron chi connectivity index (χ2n) is 17.8. The number of aliphatic imine (C=N–C) groups is 1. The number of nitrogens with zero attached hydrogens (tertiary/aromatic N) is 7. The Balaban J connectivity index is 0.862. The zero-order valence-electron chi connectivity index (χ0n) is 44.3. The van der Waals surface area contributed by atoms with Crippen molar-refractivity contribution in [3.63, 3.8) is 0 Å². The van der Waals surface area contributed by atoms with Gasteiger partial charge in [-0.1, -0.05) is 35.9 Å². The molecule has 1 atom stereocenters. The van der Waals surface area contributed by atoms with Crippen molar-refractivity contribution < 1.29 is 56.0 Å². The average molecular weight is 1140 g/mol. The number of ether oxygens (including phenoxy) is 5. The molecule has 428 valence electrons. The molecule has 20 nitrogen and oxygen atoms in total. The fourth-order valence-electron chi connectivity index (χ4n) is 7.41. The fraction of sp³-hybridized carbons (Fsp3) is 0.444. The van der Waals surface area contributed by atoms with Gasteiger partial charge < -0.3 is 54.8 Å². The lowest BCUT2D eigenvalue weighted by Gasteiger charge is -2.30. The van der Waals surface area contributed by atoms with E-state index in [1.807, 2.05) is 19.2 Å². The van der Waals surface area contributed by atoms with E-state index in [9.17, 15) is 32.3 Å². The number of hydrogen-bond acceptors (Lipinski definition) is 16. The van der Waals surface area contributed by atoms with Crippen LogP contribution in [0.1, 0.15) is 60.7 Å². The van der Waals surface area contributed by atoms with E-state index in [1.54, 1.807) is 85.5 Å². The van der Waals surface area contributed by atoms with Gasteiger partial charge in [-0.3, -0.25) is 24.6 Å². The number of thiazole rings is 1. The number of urea groups is 1. The Hall–Kier alpha value is -6.96. The molecule has 4 amide bonds. The molecule has 0 bridgehead atoms. The van der Waals surface area contributed by atoms with Crippen molar-refractivity contribution in [2.24, 2.45) is 23.0 Å². The van der Waals surface area contributed by atoms with Crippen LogP contribution in [0.5, 0.6) is 11.5 Å². The molecule has 0 radical (unpaired) electrons.